The van der Waals surface area contributed by atoms with Crippen LogP contribution in [0.15, 0.2) is 15.8 Å². The Kier molecular flexibility index (Phi) is 3.00. The van der Waals surface area contributed by atoms with E-state index in [1.165, 1.54) is 10.8 Å². The fourth-order valence-corrected chi connectivity index (χ4v) is 1.01. The Morgan fingerprint density at radius 1 is 1.54 bits per heavy atom. The highest BCUT2D eigenvalue weighted by molar-refractivity contribution is 5.00. The molecule has 1 rings (SSSR count). The zero-order valence-electron chi connectivity index (χ0n) is 7.34. The van der Waals surface area contributed by atoms with Gasteiger partial charge in [-0.3, -0.25) is 14.2 Å². The van der Waals surface area contributed by atoms with Crippen LogP contribution in [0, 0.1) is 6.92 Å². The van der Waals surface area contributed by atoms with Crippen molar-refractivity contribution in [1.82, 2.24) is 9.55 Å². The molecule has 1 heterocycles. The summed E-state index contributed by atoms with van der Waals surface area (Å²) in [6, 6.07) is 0. The van der Waals surface area contributed by atoms with E-state index in [0.717, 1.165) is 0 Å². The highest BCUT2D eigenvalue weighted by Crippen LogP contribution is 1.88. The van der Waals surface area contributed by atoms with E-state index >= 15 is 0 Å². The van der Waals surface area contributed by atoms with Crippen molar-refractivity contribution >= 4 is 0 Å². The van der Waals surface area contributed by atoms with E-state index in [2.05, 4.69) is 4.98 Å². The molecule has 0 atom stereocenters. The summed E-state index contributed by atoms with van der Waals surface area (Å²) in [6.45, 7) is 1.43. The Bertz CT molecular complexity index is 394. The average molecular weight is 186 g/mol. The normalized spacial score (nSPS) is 10.3. The van der Waals surface area contributed by atoms with E-state index in [1.807, 2.05) is 0 Å². The fourth-order valence-electron chi connectivity index (χ4n) is 1.01. The van der Waals surface area contributed by atoms with Crippen LogP contribution < -0.4 is 11.2 Å². The molecule has 1 aromatic rings. The molecule has 0 saturated heterocycles. The number of nitrogens with one attached hydrogen (secondary N) is 1. The lowest BCUT2D eigenvalue weighted by Crippen LogP contribution is -2.30. The molecule has 0 unspecified atom stereocenters. The van der Waals surface area contributed by atoms with Crippen molar-refractivity contribution in [2.45, 2.75) is 19.9 Å². The summed E-state index contributed by atoms with van der Waals surface area (Å²) in [6.07, 6.45) is 1.72. The molecular weight excluding hydrogens is 175 g/mol. The second kappa shape index (κ2) is 4.02. The number of H-pyrrole nitrogens is 1. The highest BCUT2D eigenvalue weighted by atomic mass is 19.1. The zero-order valence-corrected chi connectivity index (χ0v) is 7.34. The molecule has 0 aliphatic rings. The smallest absolute Gasteiger partial charge is 0.300 e. The number of aromatic amines is 1. The summed E-state index contributed by atoms with van der Waals surface area (Å²) in [5.41, 5.74) is -0.413. The van der Waals surface area contributed by atoms with Gasteiger partial charge in [-0.15, -0.1) is 0 Å². The van der Waals surface area contributed by atoms with Gasteiger partial charge in [0, 0.05) is 18.3 Å². The standard InChI is InChI=1S/C8H11FN2O2/c1-6-5-11(4-2-3-9)8(13)10-7(6)12/h5H,2-4H2,1H3,(H,10,12,13). The molecule has 0 saturated carbocycles. The number of hydrogen-bond acceptors (Lipinski definition) is 2. The molecule has 0 aliphatic carbocycles. The fraction of sp³-hybridized carbons (Fsp3) is 0.500. The van der Waals surface area contributed by atoms with Crippen molar-refractivity contribution in [1.29, 1.82) is 0 Å². The number of alkyl halides is 1. The zero-order chi connectivity index (χ0) is 9.84. The molecule has 13 heavy (non-hydrogen) atoms. The third-order valence-corrected chi connectivity index (χ3v) is 1.72. The van der Waals surface area contributed by atoms with Gasteiger partial charge in [0.05, 0.1) is 6.67 Å². The van der Waals surface area contributed by atoms with Gasteiger partial charge >= 0.3 is 5.69 Å². The maximum atomic E-state index is 11.8. The van der Waals surface area contributed by atoms with Crippen molar-refractivity contribution < 1.29 is 4.39 Å². The molecule has 5 heteroatoms. The third kappa shape index (κ3) is 2.27. The predicted octanol–water partition coefficient (Wildman–Crippen LogP) is 0.205. The van der Waals surface area contributed by atoms with E-state index in [9.17, 15) is 14.0 Å². The SMILES string of the molecule is Cc1cn(CCCF)c(=O)[nH]c1=O. The van der Waals surface area contributed by atoms with Crippen molar-refractivity contribution in [2.75, 3.05) is 6.67 Å². The van der Waals surface area contributed by atoms with Crippen LogP contribution in [0.5, 0.6) is 0 Å². The molecule has 1 aromatic heterocycles. The lowest BCUT2D eigenvalue weighted by Gasteiger charge is -2.02. The molecule has 0 aliphatic heterocycles. The van der Waals surface area contributed by atoms with Gasteiger partial charge in [-0.25, -0.2) is 4.79 Å². The molecule has 4 nitrogen and oxygen atoms in total. The number of nitrogens with zero attached hydrogens (tertiary/aromatic N) is 1. The molecule has 0 bridgehead atoms. The van der Waals surface area contributed by atoms with Crippen LogP contribution in [0.4, 0.5) is 4.39 Å². The van der Waals surface area contributed by atoms with Crippen LogP contribution in [0.1, 0.15) is 12.0 Å². The minimum atomic E-state index is -0.482. The van der Waals surface area contributed by atoms with Crippen molar-refractivity contribution in [3.63, 3.8) is 0 Å². The molecular formula is C8H11FN2O2. The minimum absolute atomic E-state index is 0.283. The van der Waals surface area contributed by atoms with E-state index < -0.39 is 12.4 Å². The molecule has 0 amide bonds. The van der Waals surface area contributed by atoms with Gasteiger partial charge in [0.25, 0.3) is 5.56 Å². The molecule has 1 N–H and O–H groups in total. The van der Waals surface area contributed by atoms with Crippen molar-refractivity contribution in [3.8, 4) is 0 Å². The Hall–Kier alpha value is -1.39. The first kappa shape index (κ1) is 9.70. The Labute approximate surface area is 74.0 Å². The van der Waals surface area contributed by atoms with Crippen LogP contribution in [0.25, 0.3) is 0 Å². The van der Waals surface area contributed by atoms with Crippen LogP contribution in [0.3, 0.4) is 0 Å². The number of hydrogen-bond donors (Lipinski definition) is 1. The van der Waals surface area contributed by atoms with Crippen molar-refractivity contribution in [3.05, 3.63) is 32.6 Å². The van der Waals surface area contributed by atoms with E-state index in [-0.39, 0.29) is 12.0 Å². The lowest BCUT2D eigenvalue weighted by atomic mass is 10.4. The number of rotatable bonds is 3. The number of aryl methyl sites for hydroxylation is 2. The first-order chi connectivity index (χ1) is 6.15. The Morgan fingerprint density at radius 2 is 2.23 bits per heavy atom. The predicted molar refractivity (Wildman–Crippen MR) is 46.7 cm³/mol. The Balaban J connectivity index is 3.02. The van der Waals surface area contributed by atoms with Gasteiger partial charge in [0.2, 0.25) is 0 Å². The quantitative estimate of drug-likeness (QED) is 0.733. The van der Waals surface area contributed by atoms with E-state index in [4.69, 9.17) is 0 Å². The number of halogens is 1. The second-order valence-corrected chi connectivity index (χ2v) is 2.81. The van der Waals surface area contributed by atoms with Crippen molar-refractivity contribution in [2.24, 2.45) is 0 Å². The molecule has 0 aromatic carbocycles. The first-order valence-electron chi connectivity index (χ1n) is 4.01. The maximum absolute atomic E-state index is 11.8. The number of aromatic nitrogens is 2. The maximum Gasteiger partial charge on any atom is 0.328 e. The molecule has 0 radical (unpaired) electrons. The Morgan fingerprint density at radius 3 is 2.85 bits per heavy atom. The minimum Gasteiger partial charge on any atom is -0.300 e. The highest BCUT2D eigenvalue weighted by Gasteiger charge is 1.99. The van der Waals surface area contributed by atoms with Gasteiger partial charge in [-0.1, -0.05) is 0 Å². The van der Waals surface area contributed by atoms with Crippen LogP contribution >= 0.6 is 0 Å². The van der Waals surface area contributed by atoms with Gasteiger partial charge in [-0.05, 0) is 13.3 Å². The summed E-state index contributed by atoms with van der Waals surface area (Å²) in [4.78, 5) is 24.2. The topological polar surface area (TPSA) is 54.9 Å². The monoisotopic (exact) mass is 186 g/mol. The average Bonchev–Trinajstić information content (AvgIpc) is 2.09. The summed E-state index contributed by atoms with van der Waals surface area (Å²) in [7, 11) is 0. The molecule has 72 valence electrons. The van der Waals surface area contributed by atoms with Crippen LogP contribution in [-0.4, -0.2) is 16.2 Å². The first-order valence-corrected chi connectivity index (χ1v) is 4.01. The van der Waals surface area contributed by atoms with Crippen LogP contribution in [-0.2, 0) is 6.54 Å². The summed E-state index contributed by atoms with van der Waals surface area (Å²) < 4.78 is 13.1. The van der Waals surface area contributed by atoms with E-state index in [1.54, 1.807) is 6.92 Å². The lowest BCUT2D eigenvalue weighted by molar-refractivity contribution is 0.441. The molecule has 0 spiro atoms. The van der Waals surface area contributed by atoms with Gasteiger partial charge < -0.3 is 4.57 Å². The second-order valence-electron chi connectivity index (χ2n) is 2.81. The largest absolute Gasteiger partial charge is 0.328 e. The summed E-state index contributed by atoms with van der Waals surface area (Å²) in [5.74, 6) is 0. The summed E-state index contributed by atoms with van der Waals surface area (Å²) in [5, 5.41) is 0. The van der Waals surface area contributed by atoms with Gasteiger partial charge in [0.1, 0.15) is 0 Å². The van der Waals surface area contributed by atoms with E-state index in [0.29, 0.717) is 12.1 Å². The molecule has 0 fully saturated rings. The van der Waals surface area contributed by atoms with Gasteiger partial charge in [-0.2, -0.15) is 0 Å². The third-order valence-electron chi connectivity index (χ3n) is 1.72. The van der Waals surface area contributed by atoms with Crippen LogP contribution in [0.2, 0.25) is 0 Å². The summed E-state index contributed by atoms with van der Waals surface area (Å²) >= 11 is 0. The van der Waals surface area contributed by atoms with Gasteiger partial charge in [0.15, 0.2) is 0 Å².